The lowest BCUT2D eigenvalue weighted by Crippen LogP contribution is -2.33. The maximum atomic E-state index is 12.8. The molecule has 0 aromatic heterocycles. The molecule has 2 aromatic rings. The van der Waals surface area contributed by atoms with Crippen LogP contribution in [0.3, 0.4) is 0 Å². The summed E-state index contributed by atoms with van der Waals surface area (Å²) in [6.07, 6.45) is 0.710. The molecule has 0 radical (unpaired) electrons. The third-order valence-corrected chi connectivity index (χ3v) is 4.09. The van der Waals surface area contributed by atoms with E-state index in [-0.39, 0.29) is 23.2 Å². The number of aliphatic hydroxyl groups excluding tert-OH is 1. The van der Waals surface area contributed by atoms with E-state index in [4.69, 9.17) is 5.11 Å². The molecule has 0 aliphatic rings. The van der Waals surface area contributed by atoms with Gasteiger partial charge >= 0.3 is 5.97 Å². The van der Waals surface area contributed by atoms with Crippen LogP contribution in [0, 0.1) is 5.82 Å². The molecule has 0 heterocycles. The molecular formula is C19H22FNO4. The smallest absolute Gasteiger partial charge is 0.339 e. The van der Waals surface area contributed by atoms with Crippen molar-refractivity contribution < 1.29 is 24.5 Å². The highest BCUT2D eigenvalue weighted by molar-refractivity contribution is 5.90. The summed E-state index contributed by atoms with van der Waals surface area (Å²) in [7, 11) is 0. The van der Waals surface area contributed by atoms with Crippen LogP contribution in [0.15, 0.2) is 42.5 Å². The Bertz CT molecular complexity index is 718. The van der Waals surface area contributed by atoms with Crippen LogP contribution < -0.4 is 5.32 Å². The van der Waals surface area contributed by atoms with Gasteiger partial charge in [0, 0.05) is 6.04 Å². The lowest BCUT2D eigenvalue weighted by Gasteiger charge is -2.21. The fraction of sp³-hybridized carbons (Fsp3) is 0.316. The first-order valence-corrected chi connectivity index (χ1v) is 8.10. The number of phenols is 1. The number of benzene rings is 2. The SMILES string of the molecule is CC(NCCCc1ccc(F)cc1)C(O)c1ccc(O)c(C(=O)O)c1. The number of hydrogen-bond donors (Lipinski definition) is 4. The predicted molar refractivity (Wildman–Crippen MR) is 92.2 cm³/mol. The second kappa shape index (κ2) is 8.60. The Morgan fingerprint density at radius 2 is 1.88 bits per heavy atom. The maximum Gasteiger partial charge on any atom is 0.339 e. The molecule has 0 aliphatic carbocycles. The van der Waals surface area contributed by atoms with Crippen molar-refractivity contribution in [2.45, 2.75) is 31.9 Å². The second-order valence-corrected chi connectivity index (χ2v) is 6.00. The van der Waals surface area contributed by atoms with Crippen LogP contribution in [0.1, 0.15) is 40.9 Å². The molecule has 0 amide bonds. The molecule has 0 saturated heterocycles. The van der Waals surface area contributed by atoms with Crippen molar-refractivity contribution in [1.82, 2.24) is 5.32 Å². The fourth-order valence-corrected chi connectivity index (χ4v) is 2.58. The number of carbonyl (C=O) groups is 1. The zero-order valence-electron chi connectivity index (χ0n) is 13.9. The van der Waals surface area contributed by atoms with Gasteiger partial charge in [-0.05, 0) is 61.7 Å². The summed E-state index contributed by atoms with van der Waals surface area (Å²) in [4.78, 5) is 11.1. The summed E-state index contributed by atoms with van der Waals surface area (Å²) in [5, 5.41) is 32.1. The molecule has 0 fully saturated rings. The number of aromatic carboxylic acids is 1. The van der Waals surface area contributed by atoms with Gasteiger partial charge in [0.15, 0.2) is 0 Å². The van der Waals surface area contributed by atoms with Crippen LogP contribution in [0.4, 0.5) is 4.39 Å². The van der Waals surface area contributed by atoms with E-state index in [2.05, 4.69) is 5.32 Å². The Kier molecular flexibility index (Phi) is 6.50. The van der Waals surface area contributed by atoms with Gasteiger partial charge in [-0.1, -0.05) is 18.2 Å². The van der Waals surface area contributed by atoms with E-state index in [9.17, 15) is 19.4 Å². The largest absolute Gasteiger partial charge is 0.507 e. The average molecular weight is 347 g/mol. The summed E-state index contributed by atoms with van der Waals surface area (Å²) in [6, 6.07) is 10.1. The molecule has 0 saturated carbocycles. The minimum absolute atomic E-state index is 0.236. The number of aromatic hydroxyl groups is 1. The van der Waals surface area contributed by atoms with E-state index < -0.39 is 12.1 Å². The van der Waals surface area contributed by atoms with Crippen molar-refractivity contribution in [3.8, 4) is 5.75 Å². The standard InChI is InChI=1S/C19H22FNO4/c1-12(21-10-2-3-13-4-7-15(20)8-5-13)18(23)14-6-9-17(22)16(11-14)19(24)25/h4-9,11-12,18,21-23H,2-3,10H2,1H3,(H,24,25). The number of carboxylic acids is 1. The van der Waals surface area contributed by atoms with Crippen LogP contribution in [0.25, 0.3) is 0 Å². The molecule has 25 heavy (non-hydrogen) atoms. The first kappa shape index (κ1) is 18.9. The van der Waals surface area contributed by atoms with Gasteiger partial charge in [0.1, 0.15) is 17.1 Å². The molecule has 2 unspecified atom stereocenters. The van der Waals surface area contributed by atoms with Crippen molar-refractivity contribution >= 4 is 5.97 Å². The Hall–Kier alpha value is -2.44. The Morgan fingerprint density at radius 1 is 1.20 bits per heavy atom. The Balaban J connectivity index is 1.85. The number of halogens is 1. The van der Waals surface area contributed by atoms with Gasteiger partial charge in [0.2, 0.25) is 0 Å². The lowest BCUT2D eigenvalue weighted by molar-refractivity contribution is 0.0693. The molecule has 134 valence electrons. The molecule has 4 N–H and O–H groups in total. The van der Waals surface area contributed by atoms with E-state index in [0.29, 0.717) is 12.1 Å². The second-order valence-electron chi connectivity index (χ2n) is 6.00. The number of nitrogens with one attached hydrogen (secondary N) is 1. The normalized spacial score (nSPS) is 13.4. The maximum absolute atomic E-state index is 12.8. The average Bonchev–Trinajstić information content (AvgIpc) is 2.59. The topological polar surface area (TPSA) is 89.8 Å². The molecule has 0 spiro atoms. The van der Waals surface area contributed by atoms with Gasteiger partial charge in [-0.2, -0.15) is 0 Å². The van der Waals surface area contributed by atoms with Gasteiger partial charge in [0.05, 0.1) is 6.10 Å². The van der Waals surface area contributed by atoms with E-state index in [1.165, 1.54) is 30.3 Å². The Morgan fingerprint density at radius 3 is 2.52 bits per heavy atom. The van der Waals surface area contributed by atoms with Gasteiger partial charge in [-0.3, -0.25) is 0 Å². The van der Waals surface area contributed by atoms with Crippen molar-refractivity contribution in [2.24, 2.45) is 0 Å². The Labute approximate surface area is 145 Å². The first-order valence-electron chi connectivity index (χ1n) is 8.10. The van der Waals surface area contributed by atoms with E-state index in [1.807, 2.05) is 0 Å². The summed E-state index contributed by atoms with van der Waals surface area (Å²) in [5.74, 6) is -1.83. The van der Waals surface area contributed by atoms with E-state index in [0.717, 1.165) is 18.4 Å². The summed E-state index contributed by atoms with van der Waals surface area (Å²) in [5.41, 5.74) is 1.23. The lowest BCUT2D eigenvalue weighted by atomic mass is 10.0. The quantitative estimate of drug-likeness (QED) is 0.551. The molecule has 6 heteroatoms. The van der Waals surface area contributed by atoms with E-state index in [1.54, 1.807) is 19.1 Å². The molecule has 0 bridgehead atoms. The van der Waals surface area contributed by atoms with Crippen LogP contribution in [-0.4, -0.2) is 33.9 Å². The zero-order chi connectivity index (χ0) is 18.4. The van der Waals surface area contributed by atoms with Crippen molar-refractivity contribution in [2.75, 3.05) is 6.54 Å². The first-order chi connectivity index (χ1) is 11.9. The summed E-state index contributed by atoms with van der Waals surface area (Å²) >= 11 is 0. The van der Waals surface area contributed by atoms with E-state index >= 15 is 0 Å². The summed E-state index contributed by atoms with van der Waals surface area (Å²) < 4.78 is 12.8. The number of aliphatic hydroxyl groups is 1. The number of rotatable bonds is 8. The fourth-order valence-electron chi connectivity index (χ4n) is 2.58. The molecular weight excluding hydrogens is 325 g/mol. The van der Waals surface area contributed by atoms with Gasteiger partial charge in [0.25, 0.3) is 0 Å². The van der Waals surface area contributed by atoms with Crippen LogP contribution >= 0.6 is 0 Å². The summed E-state index contributed by atoms with van der Waals surface area (Å²) in [6.45, 7) is 2.45. The number of carboxylic acid groups (broad SMARTS) is 1. The monoisotopic (exact) mass is 347 g/mol. The van der Waals surface area contributed by atoms with Gasteiger partial charge < -0.3 is 20.6 Å². The van der Waals surface area contributed by atoms with Crippen LogP contribution in [0.5, 0.6) is 5.75 Å². The molecule has 2 atom stereocenters. The van der Waals surface area contributed by atoms with Gasteiger partial charge in [-0.15, -0.1) is 0 Å². The van der Waals surface area contributed by atoms with Crippen molar-refractivity contribution in [3.05, 3.63) is 65.0 Å². The molecule has 2 rings (SSSR count). The minimum Gasteiger partial charge on any atom is -0.507 e. The highest BCUT2D eigenvalue weighted by Crippen LogP contribution is 2.24. The zero-order valence-corrected chi connectivity index (χ0v) is 13.9. The molecule has 2 aromatic carbocycles. The van der Waals surface area contributed by atoms with Crippen molar-refractivity contribution in [1.29, 1.82) is 0 Å². The van der Waals surface area contributed by atoms with Crippen LogP contribution in [-0.2, 0) is 6.42 Å². The number of aryl methyl sites for hydroxylation is 1. The van der Waals surface area contributed by atoms with Gasteiger partial charge in [-0.25, -0.2) is 9.18 Å². The highest BCUT2D eigenvalue weighted by atomic mass is 19.1. The molecule has 0 aliphatic heterocycles. The molecule has 5 nitrogen and oxygen atoms in total. The predicted octanol–water partition coefficient (Wildman–Crippen LogP) is 2.87. The highest BCUT2D eigenvalue weighted by Gasteiger charge is 2.19. The van der Waals surface area contributed by atoms with Crippen molar-refractivity contribution in [3.63, 3.8) is 0 Å². The number of hydrogen-bond acceptors (Lipinski definition) is 4. The third kappa shape index (κ3) is 5.27. The third-order valence-electron chi connectivity index (χ3n) is 4.09. The van der Waals surface area contributed by atoms with Crippen LogP contribution in [0.2, 0.25) is 0 Å². The minimum atomic E-state index is -1.24.